The van der Waals surface area contributed by atoms with Crippen molar-refractivity contribution in [3.63, 3.8) is 0 Å². The second-order valence-corrected chi connectivity index (χ2v) is 6.61. The average molecular weight is 340 g/mol. The predicted molar refractivity (Wildman–Crippen MR) is 89.1 cm³/mol. The molecule has 5 nitrogen and oxygen atoms in total. The van der Waals surface area contributed by atoms with Gasteiger partial charge in [-0.3, -0.25) is 0 Å². The maximum Gasteiger partial charge on any atom is 0.344 e. The van der Waals surface area contributed by atoms with E-state index >= 15 is 0 Å². The highest BCUT2D eigenvalue weighted by Gasteiger charge is 2.14. The van der Waals surface area contributed by atoms with Crippen molar-refractivity contribution in [2.24, 2.45) is 0 Å². The van der Waals surface area contributed by atoms with Gasteiger partial charge in [-0.05, 0) is 50.8 Å². The van der Waals surface area contributed by atoms with Crippen LogP contribution in [0.2, 0.25) is 0 Å². The number of aliphatic carboxylic acids is 1. The molecule has 1 N–H and O–H groups in total. The van der Waals surface area contributed by atoms with E-state index in [0.29, 0.717) is 12.4 Å². The smallest absolute Gasteiger partial charge is 0.344 e. The Labute approximate surface area is 141 Å². The zero-order valence-corrected chi connectivity index (χ0v) is 14.2. The lowest BCUT2D eigenvalue weighted by Crippen LogP contribution is -2.22. The van der Waals surface area contributed by atoms with Gasteiger partial charge in [0.1, 0.15) is 5.75 Å². The molecule has 23 heavy (non-hydrogen) atoms. The summed E-state index contributed by atoms with van der Waals surface area (Å²) in [5.41, 5.74) is 0. The first-order valence-corrected chi connectivity index (χ1v) is 8.99. The van der Waals surface area contributed by atoms with Gasteiger partial charge in [0.05, 0.1) is 6.61 Å². The number of rotatable bonds is 9. The minimum absolute atomic E-state index is 0.0250. The Morgan fingerprint density at radius 2 is 2.35 bits per heavy atom. The fraction of sp³-hybridized carbons (Fsp3) is 0.588. The van der Waals surface area contributed by atoms with E-state index in [2.05, 4.69) is 0 Å². The Morgan fingerprint density at radius 1 is 1.48 bits per heavy atom. The number of carbonyl (C=O) groups is 1. The number of carboxylic acid groups (broad SMARTS) is 1. The second kappa shape index (κ2) is 9.80. The van der Waals surface area contributed by atoms with Crippen LogP contribution in [0.15, 0.2) is 29.2 Å². The molecule has 1 fully saturated rings. The molecule has 2 atom stereocenters. The zero-order valence-electron chi connectivity index (χ0n) is 13.4. The lowest BCUT2D eigenvalue weighted by molar-refractivity contribution is -0.162. The Bertz CT molecular complexity index is 488. The predicted octanol–water partition coefficient (Wildman–Crippen LogP) is 3.56. The maximum absolute atomic E-state index is 10.8. The Morgan fingerprint density at radius 3 is 3.09 bits per heavy atom. The third kappa shape index (κ3) is 6.81. The van der Waals surface area contributed by atoms with Crippen molar-refractivity contribution in [1.29, 1.82) is 0 Å². The zero-order chi connectivity index (χ0) is 16.5. The molecule has 1 aliphatic rings. The molecule has 0 aromatic heterocycles. The third-order valence-corrected chi connectivity index (χ3v) is 4.55. The molecule has 2 rings (SSSR count). The van der Waals surface area contributed by atoms with E-state index in [9.17, 15) is 4.79 Å². The van der Waals surface area contributed by atoms with Crippen molar-refractivity contribution in [2.75, 3.05) is 19.0 Å². The van der Waals surface area contributed by atoms with Gasteiger partial charge in [0.25, 0.3) is 0 Å². The fourth-order valence-corrected chi connectivity index (χ4v) is 3.07. The van der Waals surface area contributed by atoms with Crippen molar-refractivity contribution in [2.45, 2.75) is 49.9 Å². The largest absolute Gasteiger partial charge is 0.479 e. The van der Waals surface area contributed by atoms with Crippen molar-refractivity contribution in [1.82, 2.24) is 0 Å². The van der Waals surface area contributed by atoms with Gasteiger partial charge in [-0.1, -0.05) is 6.07 Å². The Kier molecular flexibility index (Phi) is 7.71. The molecule has 1 aromatic carbocycles. The molecule has 0 aliphatic carbocycles. The molecule has 0 bridgehead atoms. The van der Waals surface area contributed by atoms with Crippen LogP contribution in [-0.2, 0) is 14.3 Å². The van der Waals surface area contributed by atoms with Crippen LogP contribution in [0.1, 0.15) is 32.6 Å². The van der Waals surface area contributed by atoms with Crippen LogP contribution in [0, 0.1) is 0 Å². The topological polar surface area (TPSA) is 65.0 Å². The summed E-state index contributed by atoms with van der Waals surface area (Å²) in [5.74, 6) is 0.548. The lowest BCUT2D eigenvalue weighted by atomic mass is 10.2. The first kappa shape index (κ1) is 18.1. The fourth-order valence-electron chi connectivity index (χ4n) is 2.20. The van der Waals surface area contributed by atoms with E-state index in [1.807, 2.05) is 18.2 Å². The minimum Gasteiger partial charge on any atom is -0.479 e. The number of benzene rings is 1. The lowest BCUT2D eigenvalue weighted by Gasteiger charge is -2.22. The van der Waals surface area contributed by atoms with Crippen molar-refractivity contribution < 1.29 is 24.1 Å². The molecule has 1 saturated heterocycles. The molecule has 1 heterocycles. The Balaban J connectivity index is 1.66. The summed E-state index contributed by atoms with van der Waals surface area (Å²) in [6.45, 7) is 3.03. The first-order chi connectivity index (χ1) is 11.1. The molecule has 1 unspecified atom stereocenters. The highest BCUT2D eigenvalue weighted by atomic mass is 32.2. The molecule has 0 radical (unpaired) electrons. The number of thioether (sulfide) groups is 1. The molecule has 0 amide bonds. The van der Waals surface area contributed by atoms with E-state index in [-0.39, 0.29) is 6.29 Å². The van der Waals surface area contributed by atoms with E-state index in [4.69, 9.17) is 19.3 Å². The summed E-state index contributed by atoms with van der Waals surface area (Å²) in [4.78, 5) is 11.9. The van der Waals surface area contributed by atoms with Crippen LogP contribution in [0.5, 0.6) is 5.75 Å². The second-order valence-electron chi connectivity index (χ2n) is 5.44. The number of hydrogen-bond donors (Lipinski definition) is 1. The maximum atomic E-state index is 10.8. The molecule has 0 spiro atoms. The molecule has 128 valence electrons. The van der Waals surface area contributed by atoms with Gasteiger partial charge in [0.15, 0.2) is 12.4 Å². The number of ether oxygens (including phenoxy) is 3. The van der Waals surface area contributed by atoms with Crippen molar-refractivity contribution in [3.05, 3.63) is 24.3 Å². The quantitative estimate of drug-likeness (QED) is 0.548. The summed E-state index contributed by atoms with van der Waals surface area (Å²) in [5, 5.41) is 8.87. The average Bonchev–Trinajstić information content (AvgIpc) is 2.56. The number of carboxylic acids is 1. The van der Waals surface area contributed by atoms with Crippen molar-refractivity contribution in [3.8, 4) is 5.75 Å². The van der Waals surface area contributed by atoms with E-state index in [1.165, 1.54) is 13.3 Å². The van der Waals surface area contributed by atoms with Gasteiger partial charge in [-0.25, -0.2) is 4.79 Å². The van der Waals surface area contributed by atoms with Gasteiger partial charge >= 0.3 is 5.97 Å². The van der Waals surface area contributed by atoms with Crippen LogP contribution in [-0.4, -0.2) is 42.4 Å². The normalized spacial score (nSPS) is 19.3. The van der Waals surface area contributed by atoms with Crippen LogP contribution < -0.4 is 4.74 Å². The summed E-state index contributed by atoms with van der Waals surface area (Å²) in [6.07, 6.45) is 3.38. The van der Waals surface area contributed by atoms with Crippen molar-refractivity contribution >= 4 is 17.7 Å². The number of hydrogen-bond acceptors (Lipinski definition) is 5. The van der Waals surface area contributed by atoms with Crippen LogP contribution >= 0.6 is 11.8 Å². The van der Waals surface area contributed by atoms with Gasteiger partial charge in [0, 0.05) is 17.3 Å². The van der Waals surface area contributed by atoms with Gasteiger partial charge in [0.2, 0.25) is 0 Å². The standard InChI is InChI=1S/C17H24O5S/c1-13(17(18)19)22-14-6-4-7-15(12-14)23-11-5-10-21-16-8-2-3-9-20-16/h4,6-7,12-13,16H,2-3,5,8-11H2,1H3,(H,18,19)/t13-,16?/m0/s1. The van der Waals surface area contributed by atoms with Gasteiger partial charge in [-0.15, -0.1) is 11.8 Å². The highest BCUT2D eigenvalue weighted by Crippen LogP contribution is 2.24. The SMILES string of the molecule is C[C@H](Oc1cccc(SCCCOC2CCCCO2)c1)C(=O)O. The van der Waals surface area contributed by atoms with Crippen LogP contribution in [0.3, 0.4) is 0 Å². The van der Waals surface area contributed by atoms with E-state index in [0.717, 1.165) is 36.5 Å². The monoisotopic (exact) mass is 340 g/mol. The van der Waals surface area contributed by atoms with E-state index in [1.54, 1.807) is 17.8 Å². The van der Waals surface area contributed by atoms with E-state index < -0.39 is 12.1 Å². The summed E-state index contributed by atoms with van der Waals surface area (Å²) < 4.78 is 16.6. The third-order valence-electron chi connectivity index (χ3n) is 3.47. The molecule has 6 heteroatoms. The van der Waals surface area contributed by atoms with Gasteiger partial charge in [-0.2, -0.15) is 0 Å². The molecular formula is C17H24O5S. The summed E-state index contributed by atoms with van der Waals surface area (Å²) >= 11 is 1.71. The highest BCUT2D eigenvalue weighted by molar-refractivity contribution is 7.99. The van der Waals surface area contributed by atoms with Crippen LogP contribution in [0.25, 0.3) is 0 Å². The molecule has 0 saturated carbocycles. The molecule has 1 aliphatic heterocycles. The minimum atomic E-state index is -0.967. The van der Waals surface area contributed by atoms with Gasteiger partial charge < -0.3 is 19.3 Å². The first-order valence-electron chi connectivity index (χ1n) is 8.00. The van der Waals surface area contributed by atoms with Crippen LogP contribution in [0.4, 0.5) is 0 Å². The molecular weight excluding hydrogens is 316 g/mol. The Hall–Kier alpha value is -1.24. The molecule has 1 aromatic rings. The summed E-state index contributed by atoms with van der Waals surface area (Å²) in [6, 6.07) is 7.51. The summed E-state index contributed by atoms with van der Waals surface area (Å²) in [7, 11) is 0.